The fraction of sp³-hybridized carbons (Fsp3) is 0.273. The predicted octanol–water partition coefficient (Wildman–Crippen LogP) is 0.675. The Hall–Kier alpha value is -1.88. The van der Waals surface area contributed by atoms with Crippen molar-refractivity contribution in [3.05, 3.63) is 30.0 Å². The number of aliphatic hydroxyl groups is 1. The number of amides is 1. The van der Waals surface area contributed by atoms with Gasteiger partial charge in [0.25, 0.3) is 5.91 Å². The highest BCUT2D eigenvalue weighted by Gasteiger charge is 2.05. The first-order chi connectivity index (χ1) is 7.81. The van der Waals surface area contributed by atoms with Crippen LogP contribution >= 0.6 is 0 Å². The van der Waals surface area contributed by atoms with Crippen LogP contribution in [0.1, 0.15) is 16.8 Å². The van der Waals surface area contributed by atoms with Crippen LogP contribution in [0.5, 0.6) is 0 Å². The topological polar surface area (TPSA) is 78.0 Å². The number of carbonyl (C=O) groups excluding carboxylic acids is 1. The third-order valence-electron chi connectivity index (χ3n) is 2.32. The van der Waals surface area contributed by atoms with E-state index in [1.165, 1.54) is 0 Å². The summed E-state index contributed by atoms with van der Waals surface area (Å²) in [6.45, 7) is 0.566. The Kier molecular flexibility index (Phi) is 3.16. The fourth-order valence-electron chi connectivity index (χ4n) is 1.46. The fourth-order valence-corrected chi connectivity index (χ4v) is 1.46. The molecule has 16 heavy (non-hydrogen) atoms. The maximum absolute atomic E-state index is 11.7. The van der Waals surface area contributed by atoms with E-state index in [0.717, 1.165) is 10.9 Å². The molecule has 5 nitrogen and oxygen atoms in total. The Morgan fingerprint density at radius 3 is 3.19 bits per heavy atom. The summed E-state index contributed by atoms with van der Waals surface area (Å²) in [5, 5.41) is 19.0. The molecule has 0 unspecified atom stereocenters. The molecule has 0 aliphatic heterocycles. The number of carbonyl (C=O) groups is 1. The summed E-state index contributed by atoms with van der Waals surface area (Å²) in [4.78, 5) is 11.7. The zero-order valence-corrected chi connectivity index (χ0v) is 8.73. The average Bonchev–Trinajstić information content (AvgIpc) is 2.76. The summed E-state index contributed by atoms with van der Waals surface area (Å²) in [7, 11) is 0. The van der Waals surface area contributed by atoms with Gasteiger partial charge in [-0.3, -0.25) is 9.89 Å². The van der Waals surface area contributed by atoms with Crippen LogP contribution in [-0.4, -0.2) is 34.4 Å². The molecule has 0 fully saturated rings. The smallest absolute Gasteiger partial charge is 0.251 e. The van der Waals surface area contributed by atoms with Crippen molar-refractivity contribution in [2.45, 2.75) is 6.42 Å². The molecule has 84 valence electrons. The second kappa shape index (κ2) is 4.76. The first kappa shape index (κ1) is 10.6. The van der Waals surface area contributed by atoms with Gasteiger partial charge in [0.15, 0.2) is 0 Å². The number of aliphatic hydroxyl groups excluding tert-OH is 1. The molecular weight excluding hydrogens is 206 g/mol. The van der Waals surface area contributed by atoms with Crippen molar-refractivity contribution in [3.63, 3.8) is 0 Å². The minimum Gasteiger partial charge on any atom is -0.396 e. The number of hydrogen-bond acceptors (Lipinski definition) is 3. The van der Waals surface area contributed by atoms with Gasteiger partial charge in [-0.25, -0.2) is 0 Å². The van der Waals surface area contributed by atoms with E-state index in [0.29, 0.717) is 18.5 Å². The van der Waals surface area contributed by atoms with Gasteiger partial charge < -0.3 is 10.4 Å². The summed E-state index contributed by atoms with van der Waals surface area (Å²) < 4.78 is 0. The first-order valence-corrected chi connectivity index (χ1v) is 5.13. The molecular formula is C11H13N3O2. The van der Waals surface area contributed by atoms with E-state index in [9.17, 15) is 4.79 Å². The Bertz CT molecular complexity index is 493. The van der Waals surface area contributed by atoms with Gasteiger partial charge in [-0.05, 0) is 18.6 Å². The van der Waals surface area contributed by atoms with E-state index < -0.39 is 0 Å². The highest BCUT2D eigenvalue weighted by atomic mass is 16.3. The summed E-state index contributed by atoms with van der Waals surface area (Å²) >= 11 is 0. The van der Waals surface area contributed by atoms with Crippen molar-refractivity contribution in [3.8, 4) is 0 Å². The monoisotopic (exact) mass is 219 g/mol. The Labute approximate surface area is 92.5 Å². The van der Waals surface area contributed by atoms with Crippen molar-refractivity contribution in [1.29, 1.82) is 0 Å². The normalized spacial score (nSPS) is 10.6. The molecule has 1 aromatic heterocycles. The van der Waals surface area contributed by atoms with Crippen LogP contribution in [0.25, 0.3) is 10.9 Å². The van der Waals surface area contributed by atoms with Crippen LogP contribution in [0.4, 0.5) is 0 Å². The Morgan fingerprint density at radius 1 is 1.50 bits per heavy atom. The van der Waals surface area contributed by atoms with E-state index in [4.69, 9.17) is 5.11 Å². The van der Waals surface area contributed by atoms with Gasteiger partial charge in [0.2, 0.25) is 0 Å². The number of benzene rings is 1. The number of aromatic amines is 1. The average molecular weight is 219 g/mol. The van der Waals surface area contributed by atoms with Crippen LogP contribution < -0.4 is 5.32 Å². The van der Waals surface area contributed by atoms with Gasteiger partial charge in [0.1, 0.15) is 0 Å². The lowest BCUT2D eigenvalue weighted by molar-refractivity contribution is 0.0951. The van der Waals surface area contributed by atoms with E-state index in [-0.39, 0.29) is 12.5 Å². The molecule has 0 aliphatic rings. The van der Waals surface area contributed by atoms with Crippen LogP contribution in [0.2, 0.25) is 0 Å². The number of fused-ring (bicyclic) bond motifs is 1. The van der Waals surface area contributed by atoms with Gasteiger partial charge in [-0.15, -0.1) is 0 Å². The largest absolute Gasteiger partial charge is 0.396 e. The van der Waals surface area contributed by atoms with Gasteiger partial charge in [-0.2, -0.15) is 5.10 Å². The minimum atomic E-state index is -0.134. The van der Waals surface area contributed by atoms with Crippen molar-refractivity contribution < 1.29 is 9.90 Å². The van der Waals surface area contributed by atoms with Crippen LogP contribution in [-0.2, 0) is 0 Å². The number of H-pyrrole nitrogens is 1. The quantitative estimate of drug-likeness (QED) is 0.661. The highest BCUT2D eigenvalue weighted by Crippen LogP contribution is 2.12. The standard InChI is InChI=1S/C11H13N3O2/c15-5-1-4-12-11(16)8-2-3-9-7-13-14-10(9)6-8/h2-3,6-7,15H,1,4-5H2,(H,12,16)(H,13,14). The maximum atomic E-state index is 11.7. The molecule has 1 aromatic carbocycles. The van der Waals surface area contributed by atoms with Crippen molar-refractivity contribution in [2.75, 3.05) is 13.2 Å². The third kappa shape index (κ3) is 2.20. The summed E-state index contributed by atoms with van der Waals surface area (Å²) in [6, 6.07) is 5.36. The van der Waals surface area contributed by atoms with Gasteiger partial charge in [-0.1, -0.05) is 6.07 Å². The molecule has 2 aromatic rings. The SMILES string of the molecule is O=C(NCCCO)c1ccc2cn[nH]c2c1. The molecule has 5 heteroatoms. The zero-order chi connectivity index (χ0) is 11.4. The lowest BCUT2D eigenvalue weighted by Crippen LogP contribution is -2.24. The highest BCUT2D eigenvalue weighted by molar-refractivity contribution is 5.97. The molecule has 0 saturated carbocycles. The van der Waals surface area contributed by atoms with Gasteiger partial charge >= 0.3 is 0 Å². The number of nitrogens with zero attached hydrogens (tertiary/aromatic N) is 1. The zero-order valence-electron chi connectivity index (χ0n) is 8.73. The Morgan fingerprint density at radius 2 is 2.38 bits per heavy atom. The number of aromatic nitrogens is 2. The van der Waals surface area contributed by atoms with Crippen molar-refractivity contribution in [1.82, 2.24) is 15.5 Å². The maximum Gasteiger partial charge on any atom is 0.251 e. The molecule has 0 bridgehead atoms. The third-order valence-corrected chi connectivity index (χ3v) is 2.32. The molecule has 0 aliphatic carbocycles. The molecule has 0 radical (unpaired) electrons. The second-order valence-electron chi connectivity index (χ2n) is 3.51. The van der Waals surface area contributed by atoms with Gasteiger partial charge in [0, 0.05) is 24.1 Å². The first-order valence-electron chi connectivity index (χ1n) is 5.13. The molecule has 0 saturated heterocycles. The van der Waals surface area contributed by atoms with E-state index in [1.54, 1.807) is 18.3 Å². The van der Waals surface area contributed by atoms with E-state index >= 15 is 0 Å². The molecule has 1 amide bonds. The van der Waals surface area contributed by atoms with Crippen LogP contribution in [0.15, 0.2) is 24.4 Å². The number of rotatable bonds is 4. The molecule has 3 N–H and O–H groups in total. The van der Waals surface area contributed by atoms with Crippen molar-refractivity contribution >= 4 is 16.8 Å². The summed E-state index contributed by atoms with van der Waals surface area (Å²) in [5.74, 6) is -0.134. The van der Waals surface area contributed by atoms with E-state index in [1.807, 2.05) is 6.07 Å². The van der Waals surface area contributed by atoms with Crippen LogP contribution in [0, 0.1) is 0 Å². The summed E-state index contributed by atoms with van der Waals surface area (Å²) in [5.41, 5.74) is 1.43. The Balaban J connectivity index is 2.10. The number of nitrogens with one attached hydrogen (secondary N) is 2. The summed E-state index contributed by atoms with van der Waals surface area (Å²) in [6.07, 6.45) is 2.28. The lowest BCUT2D eigenvalue weighted by atomic mass is 10.1. The minimum absolute atomic E-state index is 0.0832. The van der Waals surface area contributed by atoms with Crippen molar-refractivity contribution in [2.24, 2.45) is 0 Å². The van der Waals surface area contributed by atoms with E-state index in [2.05, 4.69) is 15.5 Å². The molecule has 1 heterocycles. The molecule has 0 spiro atoms. The predicted molar refractivity (Wildman–Crippen MR) is 60.1 cm³/mol. The lowest BCUT2D eigenvalue weighted by Gasteiger charge is -2.03. The van der Waals surface area contributed by atoms with Crippen LogP contribution in [0.3, 0.4) is 0 Å². The molecule has 2 rings (SSSR count). The van der Waals surface area contributed by atoms with Gasteiger partial charge in [0.05, 0.1) is 11.7 Å². The second-order valence-corrected chi connectivity index (χ2v) is 3.51. The molecule has 0 atom stereocenters. The number of hydrogen-bond donors (Lipinski definition) is 3.